The summed E-state index contributed by atoms with van der Waals surface area (Å²) in [5.41, 5.74) is 1.18. The van der Waals surface area contributed by atoms with E-state index in [0.29, 0.717) is 6.54 Å². The fraction of sp³-hybridized carbons (Fsp3) is 0.471. The lowest BCUT2D eigenvalue weighted by Crippen LogP contribution is -3.13. The van der Waals surface area contributed by atoms with Gasteiger partial charge in [-0.2, -0.15) is 0 Å². The predicted octanol–water partition coefficient (Wildman–Crippen LogP) is 0.465. The van der Waals surface area contributed by atoms with Crippen molar-refractivity contribution in [3.05, 3.63) is 36.4 Å². The molecular weight excluding hydrogens is 310 g/mol. The van der Waals surface area contributed by atoms with Crippen molar-refractivity contribution in [2.24, 2.45) is 0 Å². The first-order chi connectivity index (χ1) is 11.2. The van der Waals surface area contributed by atoms with E-state index in [1.807, 2.05) is 18.2 Å². The number of ether oxygens (including phenoxy) is 2. The van der Waals surface area contributed by atoms with Crippen molar-refractivity contribution in [2.75, 3.05) is 46.9 Å². The first-order valence-corrected chi connectivity index (χ1v) is 8.27. The van der Waals surface area contributed by atoms with Crippen molar-refractivity contribution in [3.8, 4) is 11.5 Å². The van der Waals surface area contributed by atoms with Gasteiger partial charge in [-0.3, -0.25) is 0 Å². The standard InChI is InChI=1S/C17H25N3O2S/c1-4-7-18-17(23)20-10-8-19(9-11-20)13-14-12-15(21-2)5-6-16(14)22-3/h4-6,12H,1,7-11,13H2,2-3H3,(H,18,23)/p+1. The summed E-state index contributed by atoms with van der Waals surface area (Å²) in [6, 6.07) is 5.96. The van der Waals surface area contributed by atoms with Crippen LogP contribution in [-0.2, 0) is 6.54 Å². The topological polar surface area (TPSA) is 38.2 Å². The van der Waals surface area contributed by atoms with Crippen LogP contribution in [0.1, 0.15) is 5.56 Å². The van der Waals surface area contributed by atoms with Crippen LogP contribution >= 0.6 is 12.2 Å². The Morgan fingerprint density at radius 3 is 2.70 bits per heavy atom. The Morgan fingerprint density at radius 2 is 2.09 bits per heavy atom. The molecule has 0 aliphatic carbocycles. The van der Waals surface area contributed by atoms with E-state index in [9.17, 15) is 0 Å². The number of rotatable bonds is 6. The van der Waals surface area contributed by atoms with Gasteiger partial charge in [-0.05, 0) is 30.4 Å². The first kappa shape index (κ1) is 17.6. The van der Waals surface area contributed by atoms with E-state index in [0.717, 1.165) is 49.3 Å². The van der Waals surface area contributed by atoms with Gasteiger partial charge in [-0.25, -0.2) is 0 Å². The van der Waals surface area contributed by atoms with Crippen molar-refractivity contribution < 1.29 is 14.4 Å². The molecule has 5 nitrogen and oxygen atoms in total. The quantitative estimate of drug-likeness (QED) is 0.583. The molecule has 1 saturated heterocycles. The Kier molecular flexibility index (Phi) is 6.67. The van der Waals surface area contributed by atoms with Crippen LogP contribution in [0.5, 0.6) is 11.5 Å². The van der Waals surface area contributed by atoms with Crippen LogP contribution in [0.4, 0.5) is 0 Å². The molecule has 0 radical (unpaired) electrons. The maximum atomic E-state index is 5.47. The summed E-state index contributed by atoms with van der Waals surface area (Å²) in [5.74, 6) is 1.79. The molecule has 23 heavy (non-hydrogen) atoms. The molecule has 1 fully saturated rings. The maximum absolute atomic E-state index is 5.47. The Bertz CT molecular complexity index is 543. The number of methoxy groups -OCH3 is 2. The van der Waals surface area contributed by atoms with E-state index >= 15 is 0 Å². The van der Waals surface area contributed by atoms with Crippen molar-refractivity contribution >= 4 is 17.3 Å². The highest BCUT2D eigenvalue weighted by molar-refractivity contribution is 7.80. The Hall–Kier alpha value is -1.79. The fourth-order valence-corrected chi connectivity index (χ4v) is 3.03. The van der Waals surface area contributed by atoms with Crippen LogP contribution in [0.2, 0.25) is 0 Å². The van der Waals surface area contributed by atoms with Crippen LogP contribution in [0.15, 0.2) is 30.9 Å². The molecule has 2 rings (SSSR count). The highest BCUT2D eigenvalue weighted by Crippen LogP contribution is 2.23. The summed E-state index contributed by atoms with van der Waals surface area (Å²) in [6.45, 7) is 9.38. The third-order valence-electron chi connectivity index (χ3n) is 4.08. The van der Waals surface area contributed by atoms with E-state index in [1.54, 1.807) is 14.2 Å². The number of nitrogens with zero attached hydrogens (tertiary/aromatic N) is 1. The molecule has 0 aromatic heterocycles. The average molecular weight is 336 g/mol. The predicted molar refractivity (Wildman–Crippen MR) is 96.3 cm³/mol. The molecule has 1 aliphatic heterocycles. The van der Waals surface area contributed by atoms with E-state index < -0.39 is 0 Å². The van der Waals surface area contributed by atoms with Crippen LogP contribution in [0.3, 0.4) is 0 Å². The molecule has 2 N–H and O–H groups in total. The number of thiocarbonyl (C=S) groups is 1. The van der Waals surface area contributed by atoms with Crippen molar-refractivity contribution in [1.29, 1.82) is 0 Å². The van der Waals surface area contributed by atoms with Gasteiger partial charge in [-0.15, -0.1) is 6.58 Å². The second kappa shape index (κ2) is 8.74. The van der Waals surface area contributed by atoms with Crippen LogP contribution < -0.4 is 19.7 Å². The molecule has 0 amide bonds. The third kappa shape index (κ3) is 4.84. The number of nitrogens with one attached hydrogen (secondary N) is 2. The summed E-state index contributed by atoms with van der Waals surface area (Å²) in [4.78, 5) is 3.75. The number of piperazine rings is 1. The fourth-order valence-electron chi connectivity index (χ4n) is 2.76. The van der Waals surface area contributed by atoms with E-state index in [2.05, 4.69) is 22.9 Å². The summed E-state index contributed by atoms with van der Waals surface area (Å²) in [6.07, 6.45) is 1.82. The van der Waals surface area contributed by atoms with Crippen LogP contribution in [0, 0.1) is 0 Å². The zero-order valence-corrected chi connectivity index (χ0v) is 14.7. The van der Waals surface area contributed by atoms with E-state index in [4.69, 9.17) is 21.7 Å². The van der Waals surface area contributed by atoms with Gasteiger partial charge < -0.3 is 24.6 Å². The van der Waals surface area contributed by atoms with Gasteiger partial charge in [0.15, 0.2) is 5.11 Å². The zero-order chi connectivity index (χ0) is 16.7. The van der Waals surface area contributed by atoms with Crippen molar-refractivity contribution in [2.45, 2.75) is 6.54 Å². The highest BCUT2D eigenvalue weighted by atomic mass is 32.1. The average Bonchev–Trinajstić information content (AvgIpc) is 2.60. The summed E-state index contributed by atoms with van der Waals surface area (Å²) in [7, 11) is 3.40. The van der Waals surface area contributed by atoms with Crippen LogP contribution in [-0.4, -0.2) is 57.0 Å². The van der Waals surface area contributed by atoms with Gasteiger partial charge in [0.2, 0.25) is 0 Å². The number of quaternary nitrogens is 1. The summed E-state index contributed by atoms with van der Waals surface area (Å²) >= 11 is 5.40. The summed E-state index contributed by atoms with van der Waals surface area (Å²) < 4.78 is 10.8. The third-order valence-corrected chi connectivity index (χ3v) is 4.49. The summed E-state index contributed by atoms with van der Waals surface area (Å²) in [5, 5.41) is 4.02. The molecule has 6 heteroatoms. The molecule has 0 spiro atoms. The normalized spacial score (nSPS) is 15.1. The Labute approximate surface area is 143 Å². The smallest absolute Gasteiger partial charge is 0.169 e. The molecular formula is C17H26N3O2S+. The minimum absolute atomic E-state index is 0.715. The molecule has 0 atom stereocenters. The van der Waals surface area contributed by atoms with Gasteiger partial charge in [0.05, 0.1) is 46.0 Å². The Morgan fingerprint density at radius 1 is 1.35 bits per heavy atom. The van der Waals surface area contributed by atoms with Crippen molar-refractivity contribution in [3.63, 3.8) is 0 Å². The first-order valence-electron chi connectivity index (χ1n) is 7.86. The van der Waals surface area contributed by atoms with Crippen LogP contribution in [0.25, 0.3) is 0 Å². The monoisotopic (exact) mass is 336 g/mol. The van der Waals surface area contributed by atoms with Gasteiger partial charge >= 0.3 is 0 Å². The minimum atomic E-state index is 0.715. The lowest BCUT2D eigenvalue weighted by molar-refractivity contribution is -0.917. The second-order valence-corrected chi connectivity index (χ2v) is 5.95. The molecule has 1 aliphatic rings. The molecule has 0 bridgehead atoms. The van der Waals surface area contributed by atoms with Gasteiger partial charge in [-0.1, -0.05) is 6.08 Å². The lowest BCUT2D eigenvalue weighted by Gasteiger charge is -2.34. The van der Waals surface area contributed by atoms with Gasteiger partial charge in [0, 0.05) is 6.54 Å². The van der Waals surface area contributed by atoms with Gasteiger partial charge in [0.25, 0.3) is 0 Å². The molecule has 0 unspecified atom stereocenters. The number of benzene rings is 1. The lowest BCUT2D eigenvalue weighted by atomic mass is 10.1. The maximum Gasteiger partial charge on any atom is 0.169 e. The largest absolute Gasteiger partial charge is 0.497 e. The molecule has 126 valence electrons. The minimum Gasteiger partial charge on any atom is -0.497 e. The molecule has 1 aromatic rings. The SMILES string of the molecule is C=CCNC(=S)N1CC[NH+](Cc2cc(OC)ccc2OC)CC1. The van der Waals surface area contributed by atoms with Crippen molar-refractivity contribution in [1.82, 2.24) is 10.2 Å². The molecule has 0 saturated carbocycles. The van der Waals surface area contributed by atoms with Gasteiger partial charge in [0.1, 0.15) is 18.0 Å². The Balaban J connectivity index is 1.91. The van der Waals surface area contributed by atoms with E-state index in [-0.39, 0.29) is 0 Å². The zero-order valence-electron chi connectivity index (χ0n) is 13.9. The van der Waals surface area contributed by atoms with E-state index in [1.165, 1.54) is 10.5 Å². The number of hydrogen-bond acceptors (Lipinski definition) is 3. The molecule has 1 aromatic carbocycles. The second-order valence-electron chi connectivity index (χ2n) is 5.57. The highest BCUT2D eigenvalue weighted by Gasteiger charge is 2.22. The number of hydrogen-bond donors (Lipinski definition) is 2. The molecule has 1 heterocycles.